The van der Waals surface area contributed by atoms with E-state index in [9.17, 15) is 0 Å². The largest absolute Gasteiger partial charge is 0.455 e. The number of fused-ring (bicyclic) bond motifs is 6. The molecule has 0 fully saturated rings. The highest BCUT2D eigenvalue weighted by Crippen LogP contribution is 2.38. The Morgan fingerprint density at radius 2 is 1.27 bits per heavy atom. The van der Waals surface area contributed by atoms with Crippen LogP contribution in [0.15, 0.2) is 161 Å². The zero-order valence-electron chi connectivity index (χ0n) is 24.2. The van der Waals surface area contributed by atoms with Crippen LogP contribution in [0, 0.1) is 0 Å². The summed E-state index contributed by atoms with van der Waals surface area (Å²) >= 11 is 0. The molecule has 0 radical (unpaired) electrons. The van der Waals surface area contributed by atoms with Gasteiger partial charge in [-0.1, -0.05) is 121 Å². The van der Waals surface area contributed by atoms with Gasteiger partial charge < -0.3 is 9.73 Å². The summed E-state index contributed by atoms with van der Waals surface area (Å²) in [5.41, 5.74) is 10.1. The van der Waals surface area contributed by atoms with Crippen molar-refractivity contribution in [2.45, 2.75) is 0 Å². The highest BCUT2D eigenvalue weighted by atomic mass is 16.3. The Labute approximate surface area is 255 Å². The third-order valence-corrected chi connectivity index (χ3v) is 8.27. The summed E-state index contributed by atoms with van der Waals surface area (Å²) in [4.78, 5) is 0. The molecule has 0 saturated heterocycles. The van der Waals surface area contributed by atoms with E-state index in [1.807, 2.05) is 31.3 Å². The fourth-order valence-electron chi connectivity index (χ4n) is 6.14. The van der Waals surface area contributed by atoms with Crippen LogP contribution < -0.4 is 5.32 Å². The second-order valence-corrected chi connectivity index (χ2v) is 10.9. The molecule has 2 heterocycles. The van der Waals surface area contributed by atoms with Gasteiger partial charge in [0.15, 0.2) is 0 Å². The van der Waals surface area contributed by atoms with Gasteiger partial charge in [0, 0.05) is 45.4 Å². The fourth-order valence-corrected chi connectivity index (χ4v) is 6.14. The number of nitrogens with zero attached hydrogens (tertiary/aromatic N) is 2. The van der Waals surface area contributed by atoms with Gasteiger partial charge in [-0.15, -0.1) is 0 Å². The molecule has 0 aliphatic rings. The Kier molecular flexibility index (Phi) is 6.31. The molecule has 0 bridgehead atoms. The minimum atomic E-state index is 0.859. The summed E-state index contributed by atoms with van der Waals surface area (Å²) in [7, 11) is 1.95. The second kappa shape index (κ2) is 10.8. The van der Waals surface area contributed by atoms with Crippen LogP contribution in [-0.2, 0) is 0 Å². The van der Waals surface area contributed by atoms with Crippen molar-refractivity contribution in [3.63, 3.8) is 0 Å². The second-order valence-electron chi connectivity index (χ2n) is 10.9. The lowest BCUT2D eigenvalue weighted by atomic mass is 10.0. The van der Waals surface area contributed by atoms with Crippen molar-refractivity contribution in [1.29, 1.82) is 0 Å². The molecule has 0 spiro atoms. The zero-order valence-corrected chi connectivity index (χ0v) is 24.2. The molecule has 4 heteroatoms. The van der Waals surface area contributed by atoms with Crippen LogP contribution in [0.25, 0.3) is 60.6 Å². The van der Waals surface area contributed by atoms with Gasteiger partial charge in [0.1, 0.15) is 11.2 Å². The number of aromatic nitrogens is 1. The standard InChI is InChI=1S/C40H29N3O/c1-41-35(27-13-4-2-5-14-27)26-36(28-15-6-3-7-16-28)42-43-37-21-10-8-17-31(37)34-25-29(23-24-38(34)43)30-19-12-20-33-32-18-9-11-22-39(32)44-40(30)33/h2-26,41H,1H3/b35-26-,42-36+. The van der Waals surface area contributed by atoms with E-state index >= 15 is 0 Å². The molecule has 210 valence electrons. The summed E-state index contributed by atoms with van der Waals surface area (Å²) in [6.45, 7) is 0. The van der Waals surface area contributed by atoms with Crippen LogP contribution >= 0.6 is 0 Å². The molecule has 0 unspecified atom stereocenters. The molecule has 0 aliphatic carbocycles. The highest BCUT2D eigenvalue weighted by molar-refractivity contribution is 6.15. The van der Waals surface area contributed by atoms with Gasteiger partial charge in [-0.2, -0.15) is 5.10 Å². The van der Waals surface area contributed by atoms with Crippen LogP contribution in [0.2, 0.25) is 0 Å². The summed E-state index contributed by atoms with van der Waals surface area (Å²) in [5, 5.41) is 13.3. The molecule has 6 aromatic carbocycles. The Hall–Kier alpha value is -5.87. The SMILES string of the molecule is CN/C(=C\C(=N/n1c2ccccc2c2cc(-c3cccc4c3oc3ccccc34)ccc21)c1ccccc1)c1ccccc1. The molecular weight excluding hydrogens is 538 g/mol. The molecule has 4 nitrogen and oxygen atoms in total. The molecule has 0 saturated carbocycles. The Morgan fingerprint density at radius 1 is 0.614 bits per heavy atom. The summed E-state index contributed by atoms with van der Waals surface area (Å²) < 4.78 is 8.47. The fraction of sp³-hybridized carbons (Fsp3) is 0.0250. The minimum Gasteiger partial charge on any atom is -0.455 e. The van der Waals surface area contributed by atoms with E-state index < -0.39 is 0 Å². The number of hydrogen-bond acceptors (Lipinski definition) is 3. The number of hydrogen-bond donors (Lipinski definition) is 1. The van der Waals surface area contributed by atoms with E-state index in [0.29, 0.717) is 0 Å². The summed E-state index contributed by atoms with van der Waals surface area (Å²) in [6, 6.07) is 50.4. The highest BCUT2D eigenvalue weighted by Gasteiger charge is 2.16. The number of allylic oxidation sites excluding steroid dienone is 1. The normalized spacial score (nSPS) is 12.5. The number of para-hydroxylation sites is 3. The zero-order chi connectivity index (χ0) is 29.5. The monoisotopic (exact) mass is 567 g/mol. The number of nitrogens with one attached hydrogen (secondary N) is 1. The summed E-state index contributed by atoms with van der Waals surface area (Å²) in [5.74, 6) is 0. The predicted octanol–water partition coefficient (Wildman–Crippen LogP) is 9.87. The van der Waals surface area contributed by atoms with Crippen LogP contribution in [0.1, 0.15) is 11.1 Å². The van der Waals surface area contributed by atoms with Gasteiger partial charge in [-0.05, 0) is 41.5 Å². The Bertz CT molecular complexity index is 2360. The van der Waals surface area contributed by atoms with Crippen molar-refractivity contribution >= 4 is 55.2 Å². The van der Waals surface area contributed by atoms with Crippen molar-refractivity contribution in [1.82, 2.24) is 9.99 Å². The van der Waals surface area contributed by atoms with Crippen molar-refractivity contribution < 1.29 is 4.42 Å². The number of benzene rings is 6. The topological polar surface area (TPSA) is 42.5 Å². The molecule has 0 aliphatic heterocycles. The molecule has 8 aromatic rings. The average Bonchev–Trinajstić information content (AvgIpc) is 3.63. The van der Waals surface area contributed by atoms with Crippen molar-refractivity contribution in [2.24, 2.45) is 5.10 Å². The first-order chi connectivity index (χ1) is 21.8. The van der Waals surface area contributed by atoms with Crippen LogP contribution in [0.4, 0.5) is 0 Å². The molecule has 44 heavy (non-hydrogen) atoms. The third-order valence-electron chi connectivity index (χ3n) is 8.27. The molecule has 1 N–H and O–H groups in total. The molecular formula is C40H29N3O. The van der Waals surface area contributed by atoms with Crippen molar-refractivity contribution in [2.75, 3.05) is 7.05 Å². The van der Waals surface area contributed by atoms with Crippen LogP contribution in [0.3, 0.4) is 0 Å². The lowest BCUT2D eigenvalue weighted by Gasteiger charge is -2.10. The van der Waals surface area contributed by atoms with E-state index in [2.05, 4.69) is 137 Å². The van der Waals surface area contributed by atoms with E-state index in [0.717, 1.165) is 77.4 Å². The third kappa shape index (κ3) is 4.36. The lowest BCUT2D eigenvalue weighted by molar-refractivity contribution is 0.670. The number of furan rings is 1. The first-order valence-corrected chi connectivity index (χ1v) is 14.8. The van der Waals surface area contributed by atoms with Gasteiger partial charge in [-0.3, -0.25) is 0 Å². The summed E-state index contributed by atoms with van der Waals surface area (Å²) in [6.07, 6.45) is 2.13. The Morgan fingerprint density at radius 3 is 2.07 bits per heavy atom. The molecule has 0 atom stereocenters. The molecule has 0 amide bonds. The van der Waals surface area contributed by atoms with E-state index in [1.54, 1.807) is 0 Å². The van der Waals surface area contributed by atoms with Gasteiger partial charge in [0.05, 0.1) is 16.7 Å². The van der Waals surface area contributed by atoms with E-state index in [-0.39, 0.29) is 0 Å². The van der Waals surface area contributed by atoms with E-state index in [4.69, 9.17) is 9.52 Å². The van der Waals surface area contributed by atoms with Crippen LogP contribution in [0.5, 0.6) is 0 Å². The lowest BCUT2D eigenvalue weighted by Crippen LogP contribution is -2.09. The van der Waals surface area contributed by atoms with Gasteiger partial charge in [-0.25, -0.2) is 4.68 Å². The van der Waals surface area contributed by atoms with Gasteiger partial charge in [0.25, 0.3) is 0 Å². The Balaban J connectivity index is 1.35. The van der Waals surface area contributed by atoms with E-state index in [1.165, 1.54) is 0 Å². The van der Waals surface area contributed by atoms with Gasteiger partial charge in [0.2, 0.25) is 0 Å². The molecule has 8 rings (SSSR count). The van der Waals surface area contributed by atoms with Gasteiger partial charge >= 0.3 is 0 Å². The number of rotatable bonds is 6. The molecule has 2 aromatic heterocycles. The maximum Gasteiger partial charge on any atom is 0.143 e. The van der Waals surface area contributed by atoms with Crippen molar-refractivity contribution in [3.05, 3.63) is 163 Å². The maximum absolute atomic E-state index is 6.39. The smallest absolute Gasteiger partial charge is 0.143 e. The predicted molar refractivity (Wildman–Crippen MR) is 184 cm³/mol. The first kappa shape index (κ1) is 25.8. The minimum absolute atomic E-state index is 0.859. The first-order valence-electron chi connectivity index (χ1n) is 14.8. The maximum atomic E-state index is 6.39. The quantitative estimate of drug-likeness (QED) is 0.203. The van der Waals surface area contributed by atoms with Crippen LogP contribution in [-0.4, -0.2) is 17.4 Å². The van der Waals surface area contributed by atoms with Crippen molar-refractivity contribution in [3.8, 4) is 11.1 Å². The average molecular weight is 568 g/mol.